The van der Waals surface area contributed by atoms with E-state index in [0.29, 0.717) is 0 Å². The van der Waals surface area contributed by atoms with Crippen LogP contribution in [0.5, 0.6) is 0 Å². The maximum Gasteiger partial charge on any atom is 0.0281 e. The van der Waals surface area contributed by atoms with Gasteiger partial charge in [-0.25, -0.2) is 0 Å². The summed E-state index contributed by atoms with van der Waals surface area (Å²) in [5.41, 5.74) is 5.62. The zero-order valence-electron chi connectivity index (χ0n) is 5.95. The Hall–Kier alpha value is 0.660. The molecule has 0 bridgehead atoms. The van der Waals surface area contributed by atoms with Crippen LogP contribution in [0.25, 0.3) is 0 Å². The average Bonchev–Trinajstić information content (AvgIpc) is 1.92. The van der Waals surface area contributed by atoms with Gasteiger partial charge in [-0.05, 0) is 31.7 Å². The second kappa shape index (κ2) is 2.95. The number of fused-ring (bicyclic) bond motifs is 1. The lowest BCUT2D eigenvalue weighted by molar-refractivity contribution is 0.379. The van der Waals surface area contributed by atoms with Gasteiger partial charge in [0.15, 0.2) is 0 Å². The Morgan fingerprint density at radius 3 is 2.50 bits per heavy atom. The first kappa shape index (κ1) is 7.32. The third-order valence-electron chi connectivity index (χ3n) is 2.48. The third kappa shape index (κ3) is 1.19. The molecule has 58 valence electrons. The molecule has 0 radical (unpaired) electrons. The molecule has 1 aliphatic heterocycles. The van der Waals surface area contributed by atoms with Gasteiger partial charge in [-0.2, -0.15) is 0 Å². The van der Waals surface area contributed by atoms with E-state index < -0.39 is 0 Å². The summed E-state index contributed by atoms with van der Waals surface area (Å²) in [6.07, 6.45) is 4.19. The van der Waals surface area contributed by atoms with Crippen LogP contribution in [0.3, 0.4) is 0 Å². The van der Waals surface area contributed by atoms with E-state index in [9.17, 15) is 0 Å². The molecule has 2 aliphatic rings. The molecule has 0 amide bonds. The molecule has 0 aromatic carbocycles. The Morgan fingerprint density at radius 2 is 2.00 bits per heavy atom. The van der Waals surface area contributed by atoms with Crippen molar-refractivity contribution in [1.29, 1.82) is 0 Å². The zero-order valence-corrected chi connectivity index (χ0v) is 7.59. The zero-order chi connectivity index (χ0) is 6.97. The number of hydrogen-bond acceptors (Lipinski definition) is 3. The van der Waals surface area contributed by atoms with E-state index in [0.717, 1.165) is 23.0 Å². The standard InChI is InChI=1S/C7H13NS2/c8-4-5-1-2-6-7(3-5)10-9-6/h5-7H,1-4,8H2. The smallest absolute Gasteiger partial charge is 0.0281 e. The minimum atomic E-state index is 0.842. The molecule has 1 saturated carbocycles. The average molecular weight is 175 g/mol. The van der Waals surface area contributed by atoms with Crippen molar-refractivity contribution < 1.29 is 0 Å². The van der Waals surface area contributed by atoms with Crippen LogP contribution in [-0.4, -0.2) is 17.0 Å². The summed E-state index contributed by atoms with van der Waals surface area (Å²) in [5.74, 6) is 0.842. The Kier molecular flexibility index (Phi) is 2.16. The SMILES string of the molecule is NCC1CCC2SSC2C1. The fraction of sp³-hybridized carbons (Fsp3) is 1.00. The van der Waals surface area contributed by atoms with E-state index in [1.165, 1.54) is 19.3 Å². The minimum Gasteiger partial charge on any atom is -0.330 e. The summed E-state index contributed by atoms with van der Waals surface area (Å²) >= 11 is 0. The second-order valence-electron chi connectivity index (χ2n) is 3.18. The van der Waals surface area contributed by atoms with Crippen molar-refractivity contribution >= 4 is 21.6 Å². The molecule has 0 aromatic heterocycles. The molecule has 3 atom stereocenters. The molecule has 1 heterocycles. The molecule has 1 nitrogen and oxygen atoms in total. The maximum absolute atomic E-state index is 5.62. The predicted molar refractivity (Wildman–Crippen MR) is 49.2 cm³/mol. The molecule has 2 rings (SSSR count). The number of hydrogen-bond donors (Lipinski definition) is 1. The molecule has 1 saturated heterocycles. The topological polar surface area (TPSA) is 26.0 Å². The molecular formula is C7H13NS2. The quantitative estimate of drug-likeness (QED) is 0.616. The summed E-state index contributed by atoms with van der Waals surface area (Å²) in [5, 5.41) is 1.96. The van der Waals surface area contributed by atoms with Gasteiger partial charge in [0.25, 0.3) is 0 Å². The molecule has 2 fully saturated rings. The van der Waals surface area contributed by atoms with Gasteiger partial charge in [-0.15, -0.1) is 0 Å². The van der Waals surface area contributed by atoms with Gasteiger partial charge >= 0.3 is 0 Å². The highest BCUT2D eigenvalue weighted by Gasteiger charge is 2.37. The Bertz CT molecular complexity index is 127. The van der Waals surface area contributed by atoms with Crippen molar-refractivity contribution in [3.05, 3.63) is 0 Å². The van der Waals surface area contributed by atoms with Crippen LogP contribution in [0.2, 0.25) is 0 Å². The van der Waals surface area contributed by atoms with E-state index >= 15 is 0 Å². The Labute approximate surface area is 69.9 Å². The Balaban J connectivity index is 1.86. The van der Waals surface area contributed by atoms with Crippen LogP contribution in [0.15, 0.2) is 0 Å². The fourth-order valence-corrected chi connectivity index (χ4v) is 4.75. The van der Waals surface area contributed by atoms with E-state index in [-0.39, 0.29) is 0 Å². The summed E-state index contributed by atoms with van der Waals surface area (Å²) in [7, 11) is 4.15. The lowest BCUT2D eigenvalue weighted by Crippen LogP contribution is -2.36. The molecule has 0 spiro atoms. The van der Waals surface area contributed by atoms with Crippen molar-refractivity contribution in [2.24, 2.45) is 11.7 Å². The normalized spacial score (nSPS) is 45.9. The minimum absolute atomic E-state index is 0.842. The summed E-state index contributed by atoms with van der Waals surface area (Å²) in [6.45, 7) is 0.911. The first-order chi connectivity index (χ1) is 4.90. The molecule has 1 aliphatic carbocycles. The van der Waals surface area contributed by atoms with Crippen LogP contribution in [0, 0.1) is 5.92 Å². The van der Waals surface area contributed by atoms with Gasteiger partial charge in [0, 0.05) is 10.5 Å². The molecular weight excluding hydrogens is 162 g/mol. The van der Waals surface area contributed by atoms with E-state index in [1.54, 1.807) is 0 Å². The van der Waals surface area contributed by atoms with Crippen LogP contribution < -0.4 is 5.73 Å². The van der Waals surface area contributed by atoms with Crippen molar-refractivity contribution in [3.8, 4) is 0 Å². The maximum atomic E-state index is 5.62. The first-order valence-corrected chi connectivity index (χ1v) is 6.20. The van der Waals surface area contributed by atoms with Gasteiger partial charge in [-0.1, -0.05) is 21.6 Å². The predicted octanol–water partition coefficient (Wildman–Crippen LogP) is 1.88. The Morgan fingerprint density at radius 1 is 1.20 bits per heavy atom. The monoisotopic (exact) mass is 175 g/mol. The first-order valence-electron chi connectivity index (χ1n) is 3.92. The van der Waals surface area contributed by atoms with Gasteiger partial charge < -0.3 is 5.73 Å². The molecule has 0 aromatic rings. The van der Waals surface area contributed by atoms with Crippen LogP contribution >= 0.6 is 21.6 Å². The summed E-state index contributed by atoms with van der Waals surface area (Å²) in [6, 6.07) is 0. The highest BCUT2D eigenvalue weighted by atomic mass is 33.1. The summed E-state index contributed by atoms with van der Waals surface area (Å²) < 4.78 is 0. The lowest BCUT2D eigenvalue weighted by Gasteiger charge is -2.41. The van der Waals surface area contributed by atoms with Crippen molar-refractivity contribution in [2.45, 2.75) is 29.8 Å². The third-order valence-corrected chi connectivity index (χ3v) is 6.16. The van der Waals surface area contributed by atoms with Crippen LogP contribution in [0.4, 0.5) is 0 Å². The van der Waals surface area contributed by atoms with Crippen LogP contribution in [0.1, 0.15) is 19.3 Å². The van der Waals surface area contributed by atoms with Crippen molar-refractivity contribution in [2.75, 3.05) is 6.54 Å². The molecule has 3 unspecified atom stereocenters. The highest BCUT2D eigenvalue weighted by molar-refractivity contribution is 8.80. The van der Waals surface area contributed by atoms with Gasteiger partial charge in [0.1, 0.15) is 0 Å². The van der Waals surface area contributed by atoms with E-state index in [4.69, 9.17) is 5.73 Å². The second-order valence-corrected chi connectivity index (χ2v) is 5.93. The number of rotatable bonds is 1. The van der Waals surface area contributed by atoms with E-state index in [2.05, 4.69) is 21.6 Å². The van der Waals surface area contributed by atoms with Gasteiger partial charge in [-0.3, -0.25) is 0 Å². The molecule has 3 heteroatoms. The number of nitrogens with two attached hydrogens (primary N) is 1. The molecule has 10 heavy (non-hydrogen) atoms. The molecule has 2 N–H and O–H groups in total. The van der Waals surface area contributed by atoms with E-state index in [1.807, 2.05) is 0 Å². The van der Waals surface area contributed by atoms with Crippen LogP contribution in [-0.2, 0) is 0 Å². The van der Waals surface area contributed by atoms with Crippen molar-refractivity contribution in [1.82, 2.24) is 0 Å². The lowest BCUT2D eigenvalue weighted by atomic mass is 9.88. The van der Waals surface area contributed by atoms with Gasteiger partial charge in [0.05, 0.1) is 0 Å². The highest BCUT2D eigenvalue weighted by Crippen LogP contribution is 2.54. The van der Waals surface area contributed by atoms with Crippen molar-refractivity contribution in [3.63, 3.8) is 0 Å². The summed E-state index contributed by atoms with van der Waals surface area (Å²) in [4.78, 5) is 0. The fourth-order valence-electron chi connectivity index (χ4n) is 1.70. The largest absolute Gasteiger partial charge is 0.330 e. The van der Waals surface area contributed by atoms with Gasteiger partial charge in [0.2, 0.25) is 0 Å².